The molecule has 0 aliphatic carbocycles. The second-order valence-electron chi connectivity index (χ2n) is 6.64. The van der Waals surface area contributed by atoms with Crippen molar-refractivity contribution < 1.29 is 22.3 Å². The molecule has 0 atom stereocenters. The predicted molar refractivity (Wildman–Crippen MR) is 96.5 cm³/mol. The summed E-state index contributed by atoms with van der Waals surface area (Å²) in [6.45, 7) is 3.33. The van der Waals surface area contributed by atoms with Crippen LogP contribution in [0.25, 0.3) is 11.4 Å². The molecule has 0 saturated carbocycles. The van der Waals surface area contributed by atoms with Crippen molar-refractivity contribution in [3.05, 3.63) is 64.7 Å². The van der Waals surface area contributed by atoms with Crippen molar-refractivity contribution in [2.24, 2.45) is 7.05 Å². The maximum Gasteiger partial charge on any atom is 0.417 e. The molecule has 2 aromatic carbocycles. The number of benzene rings is 2. The Morgan fingerprint density at radius 2 is 1.71 bits per heavy atom. The SMILES string of the molecule is Cn1c(-c2ccccc2C(F)(F)F)nnc1C(C)(C)Oc1ccc(F)cc1Cl. The molecule has 0 N–H and O–H groups in total. The van der Waals surface area contributed by atoms with Crippen LogP contribution < -0.4 is 4.74 Å². The largest absolute Gasteiger partial charge is 0.478 e. The highest BCUT2D eigenvalue weighted by molar-refractivity contribution is 6.32. The molecule has 1 heterocycles. The number of ether oxygens (including phenoxy) is 1. The van der Waals surface area contributed by atoms with Gasteiger partial charge in [-0.25, -0.2) is 4.39 Å². The molecule has 0 spiro atoms. The Kier molecular flexibility index (Phi) is 5.10. The van der Waals surface area contributed by atoms with Gasteiger partial charge < -0.3 is 9.30 Å². The first-order valence-electron chi connectivity index (χ1n) is 8.21. The van der Waals surface area contributed by atoms with Crippen LogP contribution in [0.5, 0.6) is 5.75 Å². The molecule has 0 saturated heterocycles. The van der Waals surface area contributed by atoms with Gasteiger partial charge in [0.05, 0.1) is 10.6 Å². The highest BCUT2D eigenvalue weighted by atomic mass is 35.5. The van der Waals surface area contributed by atoms with E-state index in [1.807, 2.05) is 0 Å². The third-order valence-corrected chi connectivity index (χ3v) is 4.44. The number of hydrogen-bond donors (Lipinski definition) is 0. The normalized spacial score (nSPS) is 12.3. The Balaban J connectivity index is 2.01. The van der Waals surface area contributed by atoms with Crippen molar-refractivity contribution >= 4 is 11.6 Å². The molecule has 28 heavy (non-hydrogen) atoms. The average Bonchev–Trinajstić information content (AvgIpc) is 2.99. The van der Waals surface area contributed by atoms with Crippen molar-refractivity contribution in [3.8, 4) is 17.1 Å². The molecule has 0 fully saturated rings. The Morgan fingerprint density at radius 1 is 1.04 bits per heavy atom. The van der Waals surface area contributed by atoms with Crippen LogP contribution in [0.15, 0.2) is 42.5 Å². The molecule has 4 nitrogen and oxygen atoms in total. The van der Waals surface area contributed by atoms with Crippen molar-refractivity contribution in [1.82, 2.24) is 14.8 Å². The number of alkyl halides is 3. The van der Waals surface area contributed by atoms with Crippen molar-refractivity contribution in [1.29, 1.82) is 0 Å². The molecule has 3 rings (SSSR count). The van der Waals surface area contributed by atoms with Crippen LogP contribution in [0.1, 0.15) is 25.2 Å². The van der Waals surface area contributed by atoms with E-state index in [9.17, 15) is 17.6 Å². The van der Waals surface area contributed by atoms with E-state index in [0.717, 1.165) is 12.1 Å². The second kappa shape index (κ2) is 7.09. The highest BCUT2D eigenvalue weighted by Gasteiger charge is 2.36. The van der Waals surface area contributed by atoms with Crippen LogP contribution in [0.4, 0.5) is 17.6 Å². The van der Waals surface area contributed by atoms with Gasteiger partial charge in [0, 0.05) is 12.6 Å². The molecular weight excluding hydrogens is 398 g/mol. The summed E-state index contributed by atoms with van der Waals surface area (Å²) in [4.78, 5) is 0. The van der Waals surface area contributed by atoms with E-state index < -0.39 is 23.2 Å². The second-order valence-corrected chi connectivity index (χ2v) is 7.04. The molecule has 1 aromatic heterocycles. The third-order valence-electron chi connectivity index (χ3n) is 4.15. The summed E-state index contributed by atoms with van der Waals surface area (Å²) in [5.74, 6) is 0.0258. The van der Waals surface area contributed by atoms with E-state index in [-0.39, 0.29) is 28.0 Å². The molecule has 0 unspecified atom stereocenters. The molecule has 0 aliphatic heterocycles. The topological polar surface area (TPSA) is 39.9 Å². The van der Waals surface area contributed by atoms with Gasteiger partial charge in [-0.05, 0) is 38.1 Å². The summed E-state index contributed by atoms with van der Waals surface area (Å²) in [5, 5.41) is 8.05. The fraction of sp³-hybridized carbons (Fsp3) is 0.263. The molecule has 0 amide bonds. The minimum atomic E-state index is -4.53. The summed E-state index contributed by atoms with van der Waals surface area (Å²) in [5.41, 5.74) is -2.00. The van der Waals surface area contributed by atoms with Crippen molar-refractivity contribution in [2.75, 3.05) is 0 Å². The highest BCUT2D eigenvalue weighted by Crippen LogP contribution is 2.38. The van der Waals surface area contributed by atoms with Gasteiger partial charge >= 0.3 is 6.18 Å². The summed E-state index contributed by atoms with van der Waals surface area (Å²) < 4.78 is 60.6. The Labute approximate surface area is 163 Å². The van der Waals surface area contributed by atoms with Crippen LogP contribution in [0.2, 0.25) is 5.02 Å². The number of rotatable bonds is 4. The molecule has 0 bridgehead atoms. The summed E-state index contributed by atoms with van der Waals surface area (Å²) in [6, 6.07) is 8.81. The van der Waals surface area contributed by atoms with Gasteiger partial charge in [0.1, 0.15) is 11.6 Å². The van der Waals surface area contributed by atoms with Gasteiger partial charge in [0.25, 0.3) is 0 Å². The molecular formula is C19H16ClF4N3O. The summed E-state index contributed by atoms with van der Waals surface area (Å²) >= 11 is 6.00. The Morgan fingerprint density at radius 3 is 2.36 bits per heavy atom. The van der Waals surface area contributed by atoms with Crippen LogP contribution in [-0.4, -0.2) is 14.8 Å². The zero-order chi connectivity index (χ0) is 20.7. The van der Waals surface area contributed by atoms with Gasteiger partial charge in [-0.3, -0.25) is 0 Å². The summed E-state index contributed by atoms with van der Waals surface area (Å²) in [6.07, 6.45) is -4.53. The number of halogens is 5. The number of aromatic nitrogens is 3. The standard InChI is InChI=1S/C19H16ClF4N3O/c1-18(2,28-15-9-8-11(21)10-14(15)20)17-26-25-16(27(17)3)12-6-4-5-7-13(12)19(22,23)24/h4-10H,1-3H3. The Hall–Kier alpha value is -2.61. The van der Waals surface area contributed by atoms with E-state index in [1.165, 1.54) is 34.9 Å². The fourth-order valence-corrected chi connectivity index (χ4v) is 3.10. The smallest absolute Gasteiger partial charge is 0.417 e. The van der Waals surface area contributed by atoms with Crippen LogP contribution >= 0.6 is 11.6 Å². The van der Waals surface area contributed by atoms with Crippen LogP contribution in [-0.2, 0) is 18.8 Å². The first-order chi connectivity index (χ1) is 13.0. The van der Waals surface area contributed by atoms with Gasteiger partial charge in [0.15, 0.2) is 17.2 Å². The first-order valence-corrected chi connectivity index (χ1v) is 8.59. The molecule has 9 heteroatoms. The van der Waals surface area contributed by atoms with Crippen molar-refractivity contribution in [3.63, 3.8) is 0 Å². The van der Waals surface area contributed by atoms with Gasteiger partial charge in [-0.15, -0.1) is 10.2 Å². The third kappa shape index (κ3) is 3.82. The van der Waals surface area contributed by atoms with E-state index in [4.69, 9.17) is 16.3 Å². The predicted octanol–water partition coefficient (Wildman–Crippen LogP) is 5.61. The average molecular weight is 414 g/mol. The lowest BCUT2D eigenvalue weighted by Crippen LogP contribution is -2.29. The monoisotopic (exact) mass is 413 g/mol. The zero-order valence-electron chi connectivity index (χ0n) is 15.2. The van der Waals surface area contributed by atoms with E-state index in [2.05, 4.69) is 10.2 Å². The zero-order valence-corrected chi connectivity index (χ0v) is 15.9. The molecule has 148 valence electrons. The van der Waals surface area contributed by atoms with Crippen LogP contribution in [0, 0.1) is 5.82 Å². The fourth-order valence-electron chi connectivity index (χ4n) is 2.89. The Bertz CT molecular complexity index is 1010. The van der Waals surface area contributed by atoms with Crippen LogP contribution in [0.3, 0.4) is 0 Å². The summed E-state index contributed by atoms with van der Waals surface area (Å²) in [7, 11) is 1.55. The van der Waals surface area contributed by atoms with E-state index in [1.54, 1.807) is 20.9 Å². The van der Waals surface area contributed by atoms with Crippen molar-refractivity contribution in [2.45, 2.75) is 25.6 Å². The molecule has 0 aliphatic rings. The maximum absolute atomic E-state index is 13.3. The minimum Gasteiger partial charge on any atom is -0.478 e. The molecule has 0 radical (unpaired) electrons. The lowest BCUT2D eigenvalue weighted by Gasteiger charge is -2.26. The van der Waals surface area contributed by atoms with E-state index in [0.29, 0.717) is 0 Å². The quantitative estimate of drug-likeness (QED) is 0.522. The van der Waals surface area contributed by atoms with Gasteiger partial charge in [0.2, 0.25) is 0 Å². The maximum atomic E-state index is 13.3. The first kappa shape index (κ1) is 20.1. The van der Waals surface area contributed by atoms with E-state index >= 15 is 0 Å². The lowest BCUT2D eigenvalue weighted by atomic mass is 10.1. The lowest BCUT2D eigenvalue weighted by molar-refractivity contribution is -0.137. The number of nitrogens with zero attached hydrogens (tertiary/aromatic N) is 3. The molecule has 3 aromatic rings. The van der Waals surface area contributed by atoms with Gasteiger partial charge in [-0.2, -0.15) is 13.2 Å². The minimum absolute atomic E-state index is 0.0461. The van der Waals surface area contributed by atoms with Gasteiger partial charge in [-0.1, -0.05) is 29.8 Å². The number of hydrogen-bond acceptors (Lipinski definition) is 3.